The Morgan fingerprint density at radius 3 is 1.26 bits per heavy atom. The van der Waals surface area contributed by atoms with Gasteiger partial charge in [0.15, 0.2) is 13.7 Å². The Balaban J connectivity index is 0.000000399. The lowest BCUT2D eigenvalue weighted by Crippen LogP contribution is -3.61. The molecular weight excluding hydrogens is 1250 g/mol. The summed E-state index contributed by atoms with van der Waals surface area (Å²) < 4.78 is 242. The van der Waals surface area contributed by atoms with E-state index in [0.29, 0.717) is 9.32 Å². The minimum absolute atomic E-state index is 0.0210. The van der Waals surface area contributed by atoms with Crippen LogP contribution < -0.4 is 25.9 Å². The zero-order valence-corrected chi connectivity index (χ0v) is 41.9. The van der Waals surface area contributed by atoms with Gasteiger partial charge in [-0.1, -0.05) is 90.0 Å². The summed E-state index contributed by atoms with van der Waals surface area (Å²) in [7, 11) is -4.62. The maximum Gasteiger partial charge on any atom is 0.485 e. The molecule has 0 saturated carbocycles. The van der Waals surface area contributed by atoms with Crippen molar-refractivity contribution in [2.24, 2.45) is 0 Å². The molecule has 0 aromatic heterocycles. The maximum atomic E-state index is 14.4. The summed E-state index contributed by atoms with van der Waals surface area (Å²) in [5, 5.41) is 0.194. The van der Waals surface area contributed by atoms with Crippen LogP contribution in [0.5, 0.6) is 5.75 Å². The van der Waals surface area contributed by atoms with E-state index in [1.165, 1.54) is 116 Å². The predicted octanol–water partition coefficient (Wildman–Crippen LogP) is 11.3. The monoisotopic (exact) mass is 1290 g/mol. The van der Waals surface area contributed by atoms with Gasteiger partial charge in [-0.05, 0) is 90.0 Å². The van der Waals surface area contributed by atoms with Crippen LogP contribution in [0, 0.1) is 24.6 Å². The van der Waals surface area contributed by atoms with Crippen molar-refractivity contribution in [3.05, 3.63) is 165 Å². The number of methoxy groups -OCH3 is 1. The van der Waals surface area contributed by atoms with Gasteiger partial charge >= 0.3 is 51.4 Å². The molecule has 0 N–H and O–H groups in total. The Morgan fingerprint density at radius 2 is 0.913 bits per heavy atom. The fourth-order valence-corrected chi connectivity index (χ4v) is 8.89. The summed E-state index contributed by atoms with van der Waals surface area (Å²) in [4.78, 5) is 0. The summed E-state index contributed by atoms with van der Waals surface area (Å²) in [6.45, 7) is 1.19. The number of alkyl halides is 17. The molecule has 69 heavy (non-hydrogen) atoms. The molecule has 0 radical (unpaired) electrons. The minimum Gasteiger partial charge on any atom is -0.741 e. The highest BCUT2D eigenvalue weighted by Gasteiger charge is 2.75. The number of hydrogen-bond donors (Lipinski definition) is 0. The largest absolute Gasteiger partial charge is 0.741 e. The van der Waals surface area contributed by atoms with Gasteiger partial charge in [-0.15, -0.1) is 23.2 Å². The third-order valence-corrected chi connectivity index (χ3v) is 13.1. The summed E-state index contributed by atoms with van der Waals surface area (Å²) in [6, 6.07) is 28.8. The molecule has 5 aromatic rings. The van der Waals surface area contributed by atoms with E-state index in [-0.39, 0.29) is 34.7 Å². The number of hydrogen-bond acceptors (Lipinski definition) is 6. The maximum absolute atomic E-state index is 14.4. The van der Waals surface area contributed by atoms with Gasteiger partial charge in [-0.25, -0.2) is 8.42 Å². The Morgan fingerprint density at radius 1 is 0.565 bits per heavy atom. The van der Waals surface area contributed by atoms with Gasteiger partial charge in [-0.2, -0.15) is 65.9 Å². The number of halogens is 19. The molecule has 0 amide bonds. The van der Waals surface area contributed by atoms with E-state index >= 15 is 0 Å². The zero-order chi connectivity index (χ0) is 52.9. The molecule has 0 aliphatic heterocycles. The van der Waals surface area contributed by atoms with Crippen molar-refractivity contribution < 1.29 is 114 Å². The molecule has 0 aliphatic carbocycles. The first-order chi connectivity index (χ1) is 31.6. The quantitative estimate of drug-likeness (QED) is 0.0431. The van der Waals surface area contributed by atoms with Crippen molar-refractivity contribution >= 4 is 55.9 Å². The summed E-state index contributed by atoms with van der Waals surface area (Å²) >= 11 is 9.60. The average Bonchev–Trinajstić information content (AvgIpc) is 3.22. The molecule has 0 aliphatic rings. The Bertz CT molecular complexity index is 2450. The Labute approximate surface area is 419 Å². The summed E-state index contributed by atoms with van der Waals surface area (Å²) in [6.07, 6.45) is -22.9. The second kappa shape index (κ2) is 25.4. The Hall–Kier alpha value is -3.28. The number of benzene rings is 5. The third kappa shape index (κ3) is 16.6. The van der Waals surface area contributed by atoms with Gasteiger partial charge in [0.25, 0.3) is 11.2 Å². The average molecular weight is 1290 g/mol. The standard InChI is InChI=1S/C24H20F6IO2.C17H13F6IO.CH2Cl2.CHF3O3S/c1-16-8-13-21(31-18-9-11-19(32-2)12-10-18)20(14-16)22(23(25,26)27,24(28,29)30)33-15-17-6-4-3-5-7-17;1-11-7-8-14(24)13(9-11)15(16(18,19)20,17(21,22)23)25-10-12-5-3-2-4-6-12;2-1-3;2-1(3,4)8(5,6)7/h3-14H,15H2,1-2H3;2-9H,10H2,1H3;1H2;(H,5,6,7)/q+1;;;/p-1. The van der Waals surface area contributed by atoms with E-state index in [9.17, 15) is 65.9 Å². The first kappa shape index (κ1) is 61.8. The molecule has 0 bridgehead atoms. The molecule has 0 spiro atoms. The molecule has 6 nitrogen and oxygen atoms in total. The van der Waals surface area contributed by atoms with Crippen LogP contribution >= 0.6 is 45.8 Å². The zero-order valence-electron chi connectivity index (χ0n) is 35.2. The van der Waals surface area contributed by atoms with Crippen LogP contribution in [0.25, 0.3) is 0 Å². The normalized spacial score (nSPS) is 12.7. The molecule has 5 rings (SSSR count). The van der Waals surface area contributed by atoms with E-state index in [1.54, 1.807) is 36.4 Å². The van der Waals surface area contributed by atoms with Crippen LogP contribution in [0.4, 0.5) is 65.9 Å². The van der Waals surface area contributed by atoms with Crippen molar-refractivity contribution in [2.75, 3.05) is 12.4 Å². The SMILES string of the molecule is COc1ccc([I+]c2ccc(C)cc2C(OCc2ccccc2)(C(F)(F)F)C(F)(F)F)cc1.Cc1ccc(I)c(C(OCc2ccccc2)(C(F)(F)F)C(F)(F)F)c1.ClCCl.O=S(=O)([O-])C(F)(F)F. The summed E-state index contributed by atoms with van der Waals surface area (Å²) in [5.41, 5.74) is -15.4. The number of ether oxygens (including phenoxy) is 3. The molecule has 0 saturated heterocycles. The fraction of sp³-hybridized carbons (Fsp3) is 0.302. The third-order valence-electron chi connectivity index (χ3n) is 8.74. The van der Waals surface area contributed by atoms with Gasteiger partial charge < -0.3 is 18.8 Å². The highest BCUT2D eigenvalue weighted by Crippen LogP contribution is 2.55. The second-order valence-electron chi connectivity index (χ2n) is 13.6. The molecule has 382 valence electrons. The van der Waals surface area contributed by atoms with Crippen LogP contribution in [0.15, 0.2) is 121 Å². The molecule has 5 aromatic carbocycles. The lowest BCUT2D eigenvalue weighted by atomic mass is 9.90. The lowest BCUT2D eigenvalue weighted by molar-refractivity contribution is -0.600. The molecular formula is C43H35Cl2F15I2O6S. The number of rotatable bonds is 11. The van der Waals surface area contributed by atoms with Crippen LogP contribution in [-0.4, -0.2) is 55.6 Å². The number of aryl methyl sites for hydroxylation is 2. The van der Waals surface area contributed by atoms with E-state index < -0.39 is 97.1 Å². The van der Waals surface area contributed by atoms with Gasteiger partial charge in [0, 0.05) is 9.13 Å². The van der Waals surface area contributed by atoms with Crippen LogP contribution in [0.3, 0.4) is 0 Å². The first-order valence-corrected chi connectivity index (χ1v) is 24.3. The van der Waals surface area contributed by atoms with Crippen LogP contribution in [0.2, 0.25) is 0 Å². The summed E-state index contributed by atoms with van der Waals surface area (Å²) in [5.74, 6) is 0.540. The van der Waals surface area contributed by atoms with E-state index in [0.717, 1.165) is 12.1 Å². The fourth-order valence-electron chi connectivity index (χ4n) is 5.60. The molecule has 0 unspecified atom stereocenters. The first-order valence-electron chi connectivity index (χ1n) is 18.6. The van der Waals surface area contributed by atoms with E-state index in [4.69, 9.17) is 45.6 Å². The van der Waals surface area contributed by atoms with Crippen molar-refractivity contribution in [1.29, 1.82) is 0 Å². The Kier molecular flexibility index (Phi) is 22.8. The highest BCUT2D eigenvalue weighted by atomic mass is 127. The van der Waals surface area contributed by atoms with Crippen molar-refractivity contribution in [3.63, 3.8) is 0 Å². The molecule has 26 heteroatoms. The van der Waals surface area contributed by atoms with Gasteiger partial charge in [0.1, 0.15) is 5.75 Å². The van der Waals surface area contributed by atoms with Crippen molar-refractivity contribution in [2.45, 2.75) is 68.5 Å². The van der Waals surface area contributed by atoms with Gasteiger partial charge in [0.05, 0.1) is 31.2 Å². The lowest BCUT2D eigenvalue weighted by Gasteiger charge is -2.38. The van der Waals surface area contributed by atoms with E-state index in [2.05, 4.69) is 4.74 Å². The smallest absolute Gasteiger partial charge is 0.485 e. The van der Waals surface area contributed by atoms with E-state index in [1.807, 2.05) is 0 Å². The second-order valence-corrected chi connectivity index (χ2v) is 19.9. The van der Waals surface area contributed by atoms with Crippen LogP contribution in [0.1, 0.15) is 33.4 Å². The van der Waals surface area contributed by atoms with Gasteiger partial charge in [0.2, 0.25) is 3.57 Å². The van der Waals surface area contributed by atoms with Crippen LogP contribution in [-0.2, 0) is 44.0 Å². The molecule has 0 fully saturated rings. The highest BCUT2D eigenvalue weighted by molar-refractivity contribution is 14.1. The molecule has 0 heterocycles. The predicted molar refractivity (Wildman–Crippen MR) is 228 cm³/mol. The van der Waals surface area contributed by atoms with Crippen molar-refractivity contribution in [3.8, 4) is 5.75 Å². The van der Waals surface area contributed by atoms with Gasteiger partial charge in [-0.3, -0.25) is 0 Å². The van der Waals surface area contributed by atoms with Crippen molar-refractivity contribution in [1.82, 2.24) is 0 Å². The molecule has 0 atom stereocenters. The minimum atomic E-state index is -6.09. The topological polar surface area (TPSA) is 84.9 Å².